The van der Waals surface area contributed by atoms with Gasteiger partial charge in [-0.15, -0.1) is 0 Å². The highest BCUT2D eigenvalue weighted by Gasteiger charge is 2.24. The summed E-state index contributed by atoms with van der Waals surface area (Å²) in [5.74, 6) is 1.38. The van der Waals surface area contributed by atoms with Gasteiger partial charge >= 0.3 is 0 Å². The maximum Gasteiger partial charge on any atom is 0.201 e. The van der Waals surface area contributed by atoms with E-state index in [0.29, 0.717) is 12.0 Å². The molecular weight excluding hydrogens is 266 g/mol. The molecule has 2 heterocycles. The van der Waals surface area contributed by atoms with Crippen molar-refractivity contribution in [2.45, 2.75) is 12.6 Å². The van der Waals surface area contributed by atoms with Crippen molar-refractivity contribution in [3.8, 4) is 5.75 Å². The summed E-state index contributed by atoms with van der Waals surface area (Å²) in [5.41, 5.74) is 8.07. The molecule has 6 heteroatoms. The maximum atomic E-state index is 6.12. The Morgan fingerprint density at radius 3 is 2.90 bits per heavy atom. The van der Waals surface area contributed by atoms with Crippen molar-refractivity contribution in [1.82, 2.24) is 19.4 Å². The molecule has 1 saturated heterocycles. The van der Waals surface area contributed by atoms with E-state index >= 15 is 0 Å². The first-order valence-electron chi connectivity index (χ1n) is 7.27. The number of likely N-dealkylation sites (N-methyl/N-ethyl adjacent to an activating group) is 2. The third-order valence-corrected chi connectivity index (χ3v) is 4.36. The largest absolute Gasteiger partial charge is 0.497 e. The zero-order valence-electron chi connectivity index (χ0n) is 12.9. The van der Waals surface area contributed by atoms with Crippen molar-refractivity contribution in [3.63, 3.8) is 0 Å². The van der Waals surface area contributed by atoms with Gasteiger partial charge in [-0.2, -0.15) is 0 Å². The second kappa shape index (κ2) is 5.54. The molecule has 2 aromatic rings. The Labute approximate surface area is 125 Å². The standard InChI is InChI=1S/C15H23N5O/c1-18-6-7-19(2)11(9-18)10-20-14-5-4-12(21-3)8-13(14)17-15(20)16/h4-5,8,11H,6-7,9-10H2,1-3H3,(H2,16,17). The second-order valence-corrected chi connectivity index (χ2v) is 5.83. The van der Waals surface area contributed by atoms with Gasteiger partial charge in [0.25, 0.3) is 0 Å². The van der Waals surface area contributed by atoms with Crippen molar-refractivity contribution in [3.05, 3.63) is 18.2 Å². The normalized spacial score (nSPS) is 21.0. The van der Waals surface area contributed by atoms with E-state index in [4.69, 9.17) is 10.5 Å². The fourth-order valence-electron chi connectivity index (χ4n) is 2.96. The number of rotatable bonds is 3. The summed E-state index contributed by atoms with van der Waals surface area (Å²) >= 11 is 0. The molecule has 1 aliphatic heterocycles. The Morgan fingerprint density at radius 2 is 2.14 bits per heavy atom. The van der Waals surface area contributed by atoms with Crippen molar-refractivity contribution < 1.29 is 4.74 Å². The van der Waals surface area contributed by atoms with Gasteiger partial charge in [0.2, 0.25) is 5.95 Å². The molecule has 1 atom stereocenters. The first-order chi connectivity index (χ1) is 10.1. The van der Waals surface area contributed by atoms with Gasteiger partial charge in [-0.05, 0) is 26.2 Å². The average Bonchev–Trinajstić information content (AvgIpc) is 2.78. The molecule has 0 aliphatic carbocycles. The average molecular weight is 289 g/mol. The van der Waals surface area contributed by atoms with Gasteiger partial charge in [-0.3, -0.25) is 4.90 Å². The van der Waals surface area contributed by atoms with Crippen LogP contribution in [-0.2, 0) is 6.54 Å². The topological polar surface area (TPSA) is 59.6 Å². The minimum absolute atomic E-state index is 0.450. The molecule has 1 aromatic carbocycles. The highest BCUT2D eigenvalue weighted by atomic mass is 16.5. The number of fused-ring (bicyclic) bond motifs is 1. The van der Waals surface area contributed by atoms with Crippen molar-refractivity contribution in [2.24, 2.45) is 0 Å². The molecule has 6 nitrogen and oxygen atoms in total. The van der Waals surface area contributed by atoms with E-state index < -0.39 is 0 Å². The summed E-state index contributed by atoms with van der Waals surface area (Å²) in [7, 11) is 6.00. The Hall–Kier alpha value is -1.79. The molecule has 1 aliphatic rings. The second-order valence-electron chi connectivity index (χ2n) is 5.83. The summed E-state index contributed by atoms with van der Waals surface area (Å²) in [6.07, 6.45) is 0. The van der Waals surface area contributed by atoms with Crippen molar-refractivity contribution in [1.29, 1.82) is 0 Å². The number of nitrogen functional groups attached to an aromatic ring is 1. The molecule has 114 valence electrons. The highest BCUT2D eigenvalue weighted by Crippen LogP contribution is 2.24. The predicted molar refractivity (Wildman–Crippen MR) is 84.6 cm³/mol. The van der Waals surface area contributed by atoms with Crippen LogP contribution in [0.25, 0.3) is 11.0 Å². The van der Waals surface area contributed by atoms with Crippen LogP contribution in [0.5, 0.6) is 5.75 Å². The predicted octanol–water partition coefficient (Wildman–Crippen LogP) is 0.873. The molecule has 0 bridgehead atoms. The van der Waals surface area contributed by atoms with Gasteiger partial charge in [0.1, 0.15) is 5.75 Å². The number of methoxy groups -OCH3 is 1. The van der Waals surface area contributed by atoms with Crippen LogP contribution in [0.1, 0.15) is 0 Å². The third kappa shape index (κ3) is 2.69. The lowest BCUT2D eigenvalue weighted by Gasteiger charge is -2.38. The number of imidazole rings is 1. The number of anilines is 1. The molecule has 1 unspecified atom stereocenters. The van der Waals surface area contributed by atoms with E-state index in [1.807, 2.05) is 18.2 Å². The smallest absolute Gasteiger partial charge is 0.201 e. The van der Waals surface area contributed by atoms with Crippen LogP contribution in [0.2, 0.25) is 0 Å². The summed E-state index contributed by atoms with van der Waals surface area (Å²) in [6.45, 7) is 4.10. The fourth-order valence-corrected chi connectivity index (χ4v) is 2.96. The number of piperazine rings is 1. The Balaban J connectivity index is 1.91. The molecule has 0 spiro atoms. The van der Waals surface area contributed by atoms with Gasteiger partial charge in [0.15, 0.2) is 0 Å². The fraction of sp³-hybridized carbons (Fsp3) is 0.533. The van der Waals surface area contributed by atoms with Gasteiger partial charge < -0.3 is 19.9 Å². The molecule has 21 heavy (non-hydrogen) atoms. The van der Waals surface area contributed by atoms with Crippen LogP contribution >= 0.6 is 0 Å². The van der Waals surface area contributed by atoms with E-state index in [1.54, 1.807) is 7.11 Å². The molecule has 0 saturated carbocycles. The molecule has 2 N–H and O–H groups in total. The SMILES string of the molecule is COc1ccc2c(c1)nc(N)n2CC1CN(C)CCN1C. The van der Waals surface area contributed by atoms with E-state index in [9.17, 15) is 0 Å². The number of nitrogens with two attached hydrogens (primary N) is 1. The molecule has 1 fully saturated rings. The molecule has 3 rings (SSSR count). The number of hydrogen-bond donors (Lipinski definition) is 1. The summed E-state index contributed by atoms with van der Waals surface area (Å²) in [4.78, 5) is 9.22. The van der Waals surface area contributed by atoms with Crippen LogP contribution in [0.15, 0.2) is 18.2 Å². The molecule has 1 aromatic heterocycles. The van der Waals surface area contributed by atoms with E-state index in [2.05, 4.69) is 33.4 Å². The Morgan fingerprint density at radius 1 is 1.33 bits per heavy atom. The van der Waals surface area contributed by atoms with E-state index in [0.717, 1.165) is 43.0 Å². The minimum Gasteiger partial charge on any atom is -0.497 e. The lowest BCUT2D eigenvalue weighted by Crippen LogP contribution is -2.51. The Kier molecular flexibility index (Phi) is 3.73. The zero-order chi connectivity index (χ0) is 15.0. The van der Waals surface area contributed by atoms with Crippen LogP contribution in [-0.4, -0.2) is 66.2 Å². The summed E-state index contributed by atoms with van der Waals surface area (Å²) in [5, 5.41) is 0. The lowest BCUT2D eigenvalue weighted by atomic mass is 10.2. The van der Waals surface area contributed by atoms with Crippen molar-refractivity contribution >= 4 is 17.0 Å². The highest BCUT2D eigenvalue weighted by molar-refractivity contribution is 5.79. The number of hydrogen-bond acceptors (Lipinski definition) is 5. The molecule has 0 radical (unpaired) electrons. The summed E-state index contributed by atoms with van der Waals surface area (Å²) < 4.78 is 7.35. The first-order valence-corrected chi connectivity index (χ1v) is 7.27. The monoisotopic (exact) mass is 289 g/mol. The number of benzene rings is 1. The van der Waals surface area contributed by atoms with Gasteiger partial charge in [0, 0.05) is 38.3 Å². The number of ether oxygens (including phenoxy) is 1. The van der Waals surface area contributed by atoms with Crippen LogP contribution in [0.4, 0.5) is 5.95 Å². The van der Waals surface area contributed by atoms with Crippen LogP contribution in [0.3, 0.4) is 0 Å². The zero-order valence-corrected chi connectivity index (χ0v) is 12.9. The number of nitrogens with zero attached hydrogens (tertiary/aromatic N) is 4. The minimum atomic E-state index is 0.450. The van der Waals surface area contributed by atoms with Crippen LogP contribution in [0, 0.1) is 0 Å². The van der Waals surface area contributed by atoms with Crippen LogP contribution < -0.4 is 10.5 Å². The van der Waals surface area contributed by atoms with E-state index in [1.165, 1.54) is 0 Å². The molecule has 0 amide bonds. The third-order valence-electron chi connectivity index (χ3n) is 4.36. The summed E-state index contributed by atoms with van der Waals surface area (Å²) in [6, 6.07) is 6.37. The quantitative estimate of drug-likeness (QED) is 0.908. The van der Waals surface area contributed by atoms with Gasteiger partial charge in [0.05, 0.1) is 18.1 Å². The lowest BCUT2D eigenvalue weighted by molar-refractivity contribution is 0.104. The van der Waals surface area contributed by atoms with E-state index in [-0.39, 0.29) is 0 Å². The van der Waals surface area contributed by atoms with Gasteiger partial charge in [-0.25, -0.2) is 4.98 Å². The van der Waals surface area contributed by atoms with Gasteiger partial charge in [-0.1, -0.05) is 0 Å². The van der Waals surface area contributed by atoms with Crippen molar-refractivity contribution in [2.75, 3.05) is 46.6 Å². The molecular formula is C15H23N5O. The number of aromatic nitrogens is 2. The Bertz CT molecular complexity index is 638. The first kappa shape index (κ1) is 14.2. The maximum absolute atomic E-state index is 6.12.